The maximum atomic E-state index is 11.9. The van der Waals surface area contributed by atoms with Gasteiger partial charge in [-0.05, 0) is 25.5 Å². The van der Waals surface area contributed by atoms with E-state index in [0.29, 0.717) is 17.9 Å². The Morgan fingerprint density at radius 2 is 1.95 bits per heavy atom. The smallest absolute Gasteiger partial charge is 0.343 e. The van der Waals surface area contributed by atoms with Gasteiger partial charge in [-0.3, -0.25) is 4.98 Å². The third-order valence-electron chi connectivity index (χ3n) is 2.58. The Labute approximate surface area is 118 Å². The van der Waals surface area contributed by atoms with Crippen molar-refractivity contribution in [3.05, 3.63) is 59.9 Å². The first-order chi connectivity index (χ1) is 9.66. The van der Waals surface area contributed by atoms with Gasteiger partial charge in [0.25, 0.3) is 0 Å². The molecule has 2 rings (SSSR count). The molecular formula is C16H17NO3. The van der Waals surface area contributed by atoms with Crippen LogP contribution >= 0.6 is 0 Å². The van der Waals surface area contributed by atoms with E-state index in [1.54, 1.807) is 26.1 Å². The predicted octanol–water partition coefficient (Wildman–Crippen LogP) is 3.23. The molecule has 0 fully saturated rings. The highest BCUT2D eigenvalue weighted by atomic mass is 16.5. The van der Waals surface area contributed by atoms with Gasteiger partial charge in [0.2, 0.25) is 0 Å². The van der Waals surface area contributed by atoms with E-state index in [-0.39, 0.29) is 6.10 Å². The second-order valence-corrected chi connectivity index (χ2v) is 4.60. The van der Waals surface area contributed by atoms with E-state index in [2.05, 4.69) is 4.98 Å². The molecule has 1 aromatic carbocycles. The van der Waals surface area contributed by atoms with Crippen LogP contribution in [0.15, 0.2) is 48.8 Å². The van der Waals surface area contributed by atoms with Gasteiger partial charge in [-0.25, -0.2) is 4.79 Å². The Bertz CT molecular complexity index is 567. The van der Waals surface area contributed by atoms with Crippen LogP contribution in [-0.4, -0.2) is 17.1 Å². The molecule has 0 radical (unpaired) electrons. The second-order valence-electron chi connectivity index (χ2n) is 4.60. The van der Waals surface area contributed by atoms with Crippen molar-refractivity contribution in [2.24, 2.45) is 0 Å². The maximum Gasteiger partial charge on any atom is 0.343 e. The lowest BCUT2D eigenvalue weighted by atomic mass is 10.2. The van der Waals surface area contributed by atoms with Crippen LogP contribution in [0.1, 0.15) is 29.8 Å². The molecule has 4 heteroatoms. The summed E-state index contributed by atoms with van der Waals surface area (Å²) in [7, 11) is 0. The van der Waals surface area contributed by atoms with Crippen LogP contribution in [0.4, 0.5) is 0 Å². The summed E-state index contributed by atoms with van der Waals surface area (Å²) >= 11 is 0. The summed E-state index contributed by atoms with van der Waals surface area (Å²) in [5, 5.41) is 0. The minimum absolute atomic E-state index is 0.176. The monoisotopic (exact) mass is 271 g/mol. The number of nitrogens with zero attached hydrogens (tertiary/aromatic N) is 1. The van der Waals surface area contributed by atoms with Crippen LogP contribution in [-0.2, 0) is 11.3 Å². The molecule has 0 N–H and O–H groups in total. The minimum atomic E-state index is -0.420. The number of ether oxygens (including phenoxy) is 2. The number of carbonyl (C=O) groups is 1. The summed E-state index contributed by atoms with van der Waals surface area (Å²) in [5.41, 5.74) is 1.38. The zero-order chi connectivity index (χ0) is 14.4. The Balaban J connectivity index is 2.10. The van der Waals surface area contributed by atoms with Gasteiger partial charge in [-0.2, -0.15) is 0 Å². The van der Waals surface area contributed by atoms with Gasteiger partial charge in [0, 0.05) is 12.4 Å². The van der Waals surface area contributed by atoms with Crippen LogP contribution in [0.3, 0.4) is 0 Å². The summed E-state index contributed by atoms with van der Waals surface area (Å²) in [6.45, 7) is 4.00. The van der Waals surface area contributed by atoms with Crippen LogP contribution in [0, 0.1) is 0 Å². The molecule has 4 nitrogen and oxygen atoms in total. The fourth-order valence-electron chi connectivity index (χ4n) is 1.67. The minimum Gasteiger partial charge on any atom is -0.488 e. The van der Waals surface area contributed by atoms with E-state index >= 15 is 0 Å². The van der Waals surface area contributed by atoms with Crippen molar-refractivity contribution in [2.75, 3.05) is 0 Å². The molecule has 0 aliphatic carbocycles. The van der Waals surface area contributed by atoms with Gasteiger partial charge in [0.05, 0.1) is 6.10 Å². The number of pyridine rings is 1. The molecule has 0 aliphatic heterocycles. The lowest BCUT2D eigenvalue weighted by molar-refractivity contribution is 0.0372. The van der Waals surface area contributed by atoms with Crippen molar-refractivity contribution in [1.29, 1.82) is 0 Å². The molecule has 2 aromatic rings. The first-order valence-corrected chi connectivity index (χ1v) is 6.48. The second kappa shape index (κ2) is 6.70. The van der Waals surface area contributed by atoms with E-state index in [0.717, 1.165) is 5.56 Å². The molecular weight excluding hydrogens is 254 g/mol. The fourth-order valence-corrected chi connectivity index (χ4v) is 1.67. The van der Waals surface area contributed by atoms with Gasteiger partial charge >= 0.3 is 5.97 Å². The molecule has 104 valence electrons. The number of hydrogen-bond acceptors (Lipinski definition) is 4. The van der Waals surface area contributed by atoms with E-state index in [1.807, 2.05) is 30.3 Å². The first kappa shape index (κ1) is 14.1. The molecule has 0 aliphatic rings. The highest BCUT2D eigenvalue weighted by Gasteiger charge is 2.15. The molecule has 0 saturated carbocycles. The highest BCUT2D eigenvalue weighted by molar-refractivity contribution is 5.92. The largest absolute Gasteiger partial charge is 0.488 e. The molecule has 0 saturated heterocycles. The number of carbonyl (C=O) groups excluding carboxylic acids is 1. The summed E-state index contributed by atoms with van der Waals surface area (Å²) < 4.78 is 10.9. The fraction of sp³-hybridized carbons (Fsp3) is 0.250. The third-order valence-corrected chi connectivity index (χ3v) is 2.58. The molecule has 1 heterocycles. The van der Waals surface area contributed by atoms with Crippen molar-refractivity contribution in [1.82, 2.24) is 4.98 Å². The summed E-state index contributed by atoms with van der Waals surface area (Å²) in [6.07, 6.45) is 2.88. The normalized spacial score (nSPS) is 10.3. The molecule has 0 spiro atoms. The third kappa shape index (κ3) is 3.82. The molecule has 1 aromatic heterocycles. The number of hydrogen-bond donors (Lipinski definition) is 0. The zero-order valence-electron chi connectivity index (χ0n) is 11.6. The van der Waals surface area contributed by atoms with Crippen LogP contribution in [0.25, 0.3) is 0 Å². The zero-order valence-corrected chi connectivity index (χ0v) is 11.6. The quantitative estimate of drug-likeness (QED) is 0.783. The molecule has 0 amide bonds. The Morgan fingerprint density at radius 3 is 2.65 bits per heavy atom. The Kier molecular flexibility index (Phi) is 4.71. The van der Waals surface area contributed by atoms with Crippen molar-refractivity contribution >= 4 is 5.97 Å². The number of esters is 1. The lowest BCUT2D eigenvalue weighted by Crippen LogP contribution is -2.13. The van der Waals surface area contributed by atoms with Crippen molar-refractivity contribution < 1.29 is 14.3 Å². The summed E-state index contributed by atoms with van der Waals surface area (Å²) in [5.74, 6) is 0.0608. The van der Waals surface area contributed by atoms with Crippen LogP contribution in [0.5, 0.6) is 5.75 Å². The standard InChI is InChI=1S/C16H17NO3/c1-12(2)20-16(18)14-10-17-9-8-15(14)19-11-13-6-4-3-5-7-13/h3-10,12H,11H2,1-2H3. The Hall–Kier alpha value is -2.36. The number of benzene rings is 1. The average Bonchev–Trinajstić information content (AvgIpc) is 2.46. The van der Waals surface area contributed by atoms with Crippen LogP contribution in [0.2, 0.25) is 0 Å². The van der Waals surface area contributed by atoms with Crippen LogP contribution < -0.4 is 4.74 Å². The topological polar surface area (TPSA) is 48.4 Å². The van der Waals surface area contributed by atoms with E-state index in [1.165, 1.54) is 6.20 Å². The van der Waals surface area contributed by atoms with Crippen molar-refractivity contribution in [3.8, 4) is 5.75 Å². The van der Waals surface area contributed by atoms with Gasteiger partial charge < -0.3 is 9.47 Å². The highest BCUT2D eigenvalue weighted by Crippen LogP contribution is 2.19. The van der Waals surface area contributed by atoms with Gasteiger partial charge in [-0.1, -0.05) is 30.3 Å². The lowest BCUT2D eigenvalue weighted by Gasteiger charge is -2.12. The number of rotatable bonds is 5. The van der Waals surface area contributed by atoms with E-state index in [9.17, 15) is 4.79 Å². The summed E-state index contributed by atoms with van der Waals surface area (Å²) in [6, 6.07) is 11.4. The predicted molar refractivity (Wildman–Crippen MR) is 75.6 cm³/mol. The Morgan fingerprint density at radius 1 is 1.20 bits per heavy atom. The first-order valence-electron chi connectivity index (χ1n) is 6.48. The molecule has 0 atom stereocenters. The molecule has 0 bridgehead atoms. The SMILES string of the molecule is CC(C)OC(=O)c1cnccc1OCc1ccccc1. The number of aromatic nitrogens is 1. The van der Waals surface area contributed by atoms with Crippen molar-refractivity contribution in [3.63, 3.8) is 0 Å². The van der Waals surface area contributed by atoms with Gasteiger partial charge in [0.15, 0.2) is 0 Å². The average molecular weight is 271 g/mol. The van der Waals surface area contributed by atoms with E-state index in [4.69, 9.17) is 9.47 Å². The maximum absolute atomic E-state index is 11.9. The molecule has 20 heavy (non-hydrogen) atoms. The summed E-state index contributed by atoms with van der Waals surface area (Å²) in [4.78, 5) is 15.9. The van der Waals surface area contributed by atoms with Gasteiger partial charge in [-0.15, -0.1) is 0 Å². The van der Waals surface area contributed by atoms with Gasteiger partial charge in [0.1, 0.15) is 17.9 Å². The molecule has 0 unspecified atom stereocenters. The van der Waals surface area contributed by atoms with Crippen molar-refractivity contribution in [2.45, 2.75) is 26.6 Å². The van der Waals surface area contributed by atoms with E-state index < -0.39 is 5.97 Å².